The van der Waals surface area contributed by atoms with Crippen molar-refractivity contribution in [1.82, 2.24) is 0 Å². The first-order valence-electron chi connectivity index (χ1n) is 15.2. The Balaban J connectivity index is 4.15. The molecule has 0 radical (unpaired) electrons. The molecule has 0 saturated carbocycles. The lowest BCUT2D eigenvalue weighted by atomic mass is 9.89. The molecule has 0 aliphatic heterocycles. The molecular weight excluding hydrogens is 416 g/mol. The lowest BCUT2D eigenvalue weighted by Gasteiger charge is -2.20. The highest BCUT2D eigenvalue weighted by Crippen LogP contribution is 2.24. The molecule has 3 atom stereocenters. The lowest BCUT2D eigenvalue weighted by molar-refractivity contribution is -0.140. The van der Waals surface area contributed by atoms with E-state index in [0.717, 1.165) is 11.8 Å². The first kappa shape index (κ1) is 33.2. The van der Waals surface area contributed by atoms with Crippen LogP contribution in [-0.4, -0.2) is 12.6 Å². The second-order valence-corrected chi connectivity index (χ2v) is 11.4. The number of rotatable bonds is 25. The van der Waals surface area contributed by atoms with Crippen molar-refractivity contribution < 1.29 is 9.53 Å². The quantitative estimate of drug-likeness (QED) is 0.0740. The molecule has 0 spiro atoms. The average Bonchev–Trinajstić information content (AvgIpc) is 2.81. The van der Waals surface area contributed by atoms with Crippen LogP contribution in [0.4, 0.5) is 0 Å². The second-order valence-electron chi connectivity index (χ2n) is 11.4. The number of unbranched alkanes of at least 4 members (excludes halogenated alkanes) is 11. The zero-order valence-electron chi connectivity index (χ0n) is 24.1. The number of ether oxygens (including phenoxy) is 1. The standard InChI is InChI=1S/C32H62O2/c1-7-9-11-13-15-17-21-29(5)23-19-20-24-31(27-34-32(33)28(3)4)26-25-30(6)22-18-16-14-12-10-8-2/h29-31H,3,7-27H2,1-2,4-6H3. The maximum Gasteiger partial charge on any atom is 0.333 e. The molecule has 0 aromatic heterocycles. The fourth-order valence-corrected chi connectivity index (χ4v) is 4.91. The minimum atomic E-state index is -0.224. The Morgan fingerprint density at radius 3 is 1.53 bits per heavy atom. The van der Waals surface area contributed by atoms with E-state index < -0.39 is 0 Å². The number of hydrogen-bond acceptors (Lipinski definition) is 2. The molecule has 0 fully saturated rings. The van der Waals surface area contributed by atoms with Crippen molar-refractivity contribution >= 4 is 5.97 Å². The topological polar surface area (TPSA) is 26.3 Å². The van der Waals surface area contributed by atoms with Crippen molar-refractivity contribution in [3.8, 4) is 0 Å². The van der Waals surface area contributed by atoms with Gasteiger partial charge in [-0.2, -0.15) is 0 Å². The highest BCUT2D eigenvalue weighted by molar-refractivity contribution is 5.86. The van der Waals surface area contributed by atoms with Gasteiger partial charge in [-0.25, -0.2) is 4.79 Å². The summed E-state index contributed by atoms with van der Waals surface area (Å²) in [4.78, 5) is 11.9. The summed E-state index contributed by atoms with van der Waals surface area (Å²) in [5.41, 5.74) is 0.513. The van der Waals surface area contributed by atoms with Gasteiger partial charge < -0.3 is 4.74 Å². The highest BCUT2D eigenvalue weighted by atomic mass is 16.5. The Bertz CT molecular complexity index is 470. The van der Waals surface area contributed by atoms with E-state index in [1.54, 1.807) is 6.92 Å². The molecular formula is C32H62O2. The summed E-state index contributed by atoms with van der Waals surface area (Å²) in [5.74, 6) is 1.91. The summed E-state index contributed by atoms with van der Waals surface area (Å²) in [6.07, 6.45) is 27.0. The molecule has 0 N–H and O–H groups in total. The van der Waals surface area contributed by atoms with Crippen LogP contribution in [0.25, 0.3) is 0 Å². The van der Waals surface area contributed by atoms with Gasteiger partial charge in [0.15, 0.2) is 0 Å². The number of hydrogen-bond donors (Lipinski definition) is 0. The molecule has 0 aliphatic carbocycles. The predicted octanol–water partition coefficient (Wildman–Crippen LogP) is 10.8. The van der Waals surface area contributed by atoms with Crippen LogP contribution in [0.2, 0.25) is 0 Å². The van der Waals surface area contributed by atoms with E-state index >= 15 is 0 Å². The second kappa shape index (κ2) is 23.9. The number of carbonyl (C=O) groups excluding carboxylic acids is 1. The minimum absolute atomic E-state index is 0.224. The lowest BCUT2D eigenvalue weighted by Crippen LogP contribution is -2.16. The summed E-state index contributed by atoms with van der Waals surface area (Å²) in [6, 6.07) is 0. The average molecular weight is 479 g/mol. The Kier molecular flexibility index (Phi) is 23.4. The first-order chi connectivity index (χ1) is 16.4. The van der Waals surface area contributed by atoms with Crippen molar-refractivity contribution in [1.29, 1.82) is 0 Å². The maximum absolute atomic E-state index is 11.9. The Morgan fingerprint density at radius 2 is 1.03 bits per heavy atom. The van der Waals surface area contributed by atoms with Crippen LogP contribution >= 0.6 is 0 Å². The van der Waals surface area contributed by atoms with E-state index in [0.29, 0.717) is 18.1 Å². The van der Waals surface area contributed by atoms with Gasteiger partial charge in [0.25, 0.3) is 0 Å². The van der Waals surface area contributed by atoms with E-state index in [1.165, 1.54) is 128 Å². The Morgan fingerprint density at radius 1 is 0.618 bits per heavy atom. The highest BCUT2D eigenvalue weighted by Gasteiger charge is 2.15. The third-order valence-corrected chi connectivity index (χ3v) is 7.53. The molecule has 0 rings (SSSR count). The van der Waals surface area contributed by atoms with E-state index in [1.807, 2.05) is 0 Å². The fraction of sp³-hybridized carbons (Fsp3) is 0.906. The molecule has 3 unspecified atom stereocenters. The maximum atomic E-state index is 11.9. The largest absolute Gasteiger partial charge is 0.462 e. The SMILES string of the molecule is C=C(C)C(=O)OCC(CCCCC(C)CCCCCCCC)CCC(C)CCCCCCCC. The molecule has 0 heterocycles. The van der Waals surface area contributed by atoms with Crippen LogP contribution in [0.3, 0.4) is 0 Å². The van der Waals surface area contributed by atoms with Gasteiger partial charge >= 0.3 is 5.97 Å². The van der Waals surface area contributed by atoms with Crippen LogP contribution in [-0.2, 0) is 9.53 Å². The van der Waals surface area contributed by atoms with Gasteiger partial charge in [0.1, 0.15) is 0 Å². The summed E-state index contributed by atoms with van der Waals surface area (Å²) in [5, 5.41) is 0. The van der Waals surface area contributed by atoms with Gasteiger partial charge in [0.05, 0.1) is 6.61 Å². The summed E-state index contributed by atoms with van der Waals surface area (Å²) in [6.45, 7) is 15.5. The molecule has 0 amide bonds. The molecule has 0 aromatic carbocycles. The van der Waals surface area contributed by atoms with Crippen molar-refractivity contribution in [3.05, 3.63) is 12.2 Å². The Hall–Kier alpha value is -0.790. The van der Waals surface area contributed by atoms with Gasteiger partial charge in [-0.15, -0.1) is 0 Å². The third kappa shape index (κ3) is 21.7. The molecule has 2 heteroatoms. The summed E-state index contributed by atoms with van der Waals surface area (Å²) < 4.78 is 5.57. The van der Waals surface area contributed by atoms with Gasteiger partial charge in [0, 0.05) is 5.57 Å². The van der Waals surface area contributed by atoms with Crippen molar-refractivity contribution in [2.75, 3.05) is 6.61 Å². The molecule has 202 valence electrons. The predicted molar refractivity (Wildman–Crippen MR) is 151 cm³/mol. The van der Waals surface area contributed by atoms with Crippen LogP contribution < -0.4 is 0 Å². The molecule has 0 aliphatic rings. The van der Waals surface area contributed by atoms with E-state index in [4.69, 9.17) is 4.74 Å². The minimum Gasteiger partial charge on any atom is -0.462 e. The number of esters is 1. The molecule has 34 heavy (non-hydrogen) atoms. The normalized spacial score (nSPS) is 14.0. The number of carbonyl (C=O) groups is 1. The first-order valence-corrected chi connectivity index (χ1v) is 15.2. The molecule has 0 aromatic rings. The van der Waals surface area contributed by atoms with Gasteiger partial charge in [0.2, 0.25) is 0 Å². The van der Waals surface area contributed by atoms with E-state index in [9.17, 15) is 4.79 Å². The smallest absolute Gasteiger partial charge is 0.333 e. The van der Waals surface area contributed by atoms with Crippen molar-refractivity contribution in [2.24, 2.45) is 17.8 Å². The van der Waals surface area contributed by atoms with E-state index in [-0.39, 0.29) is 5.97 Å². The zero-order valence-corrected chi connectivity index (χ0v) is 24.1. The van der Waals surface area contributed by atoms with Crippen molar-refractivity contribution in [2.45, 2.75) is 163 Å². The van der Waals surface area contributed by atoms with Crippen LogP contribution in [0.15, 0.2) is 12.2 Å². The monoisotopic (exact) mass is 478 g/mol. The third-order valence-electron chi connectivity index (χ3n) is 7.53. The molecule has 2 nitrogen and oxygen atoms in total. The van der Waals surface area contributed by atoms with Crippen LogP contribution in [0.5, 0.6) is 0 Å². The van der Waals surface area contributed by atoms with Gasteiger partial charge in [-0.1, -0.05) is 150 Å². The van der Waals surface area contributed by atoms with Crippen LogP contribution in [0, 0.1) is 17.8 Å². The van der Waals surface area contributed by atoms with Crippen molar-refractivity contribution in [3.63, 3.8) is 0 Å². The Labute approximate surface area is 215 Å². The van der Waals surface area contributed by atoms with Gasteiger partial charge in [-0.3, -0.25) is 0 Å². The fourth-order valence-electron chi connectivity index (χ4n) is 4.91. The summed E-state index contributed by atoms with van der Waals surface area (Å²) >= 11 is 0. The van der Waals surface area contributed by atoms with Gasteiger partial charge in [-0.05, 0) is 37.5 Å². The van der Waals surface area contributed by atoms with Crippen LogP contribution in [0.1, 0.15) is 163 Å². The molecule has 0 bridgehead atoms. The van der Waals surface area contributed by atoms with E-state index in [2.05, 4.69) is 34.3 Å². The zero-order chi connectivity index (χ0) is 25.4. The molecule has 0 saturated heterocycles. The summed E-state index contributed by atoms with van der Waals surface area (Å²) in [7, 11) is 0.